The summed E-state index contributed by atoms with van der Waals surface area (Å²) < 4.78 is 13.1. The predicted molar refractivity (Wildman–Crippen MR) is 103 cm³/mol. The Morgan fingerprint density at radius 2 is 1.75 bits per heavy atom. The Bertz CT molecular complexity index is 917. The molecule has 2 aromatic rings. The minimum atomic E-state index is -1.28. The van der Waals surface area contributed by atoms with E-state index in [2.05, 4.69) is 5.32 Å². The molecule has 0 radical (unpaired) electrons. The average Bonchev–Trinajstić information content (AvgIpc) is 2.88. The maximum atomic E-state index is 13.1. The number of halogens is 2. The van der Waals surface area contributed by atoms with Crippen molar-refractivity contribution in [3.05, 3.63) is 64.9 Å². The molecule has 0 bridgehead atoms. The standard InChI is InChI=1S/C20H19ClFN3O3/c1-3-24(16-10-8-15(22)9-11-16)17(26)12-25-18(27)20(2,23-19(25)28)13-4-6-14(21)7-5-13/h4-11H,3,12H2,1-2H3,(H,23,28)/t20-/m1/s1. The molecule has 1 aliphatic heterocycles. The zero-order valence-electron chi connectivity index (χ0n) is 15.4. The molecular weight excluding hydrogens is 385 g/mol. The third-order valence-electron chi connectivity index (χ3n) is 4.75. The summed E-state index contributed by atoms with van der Waals surface area (Å²) in [4.78, 5) is 40.4. The second kappa shape index (κ2) is 7.59. The Labute approximate surface area is 166 Å². The van der Waals surface area contributed by atoms with E-state index < -0.39 is 35.7 Å². The Hall–Kier alpha value is -2.93. The third-order valence-corrected chi connectivity index (χ3v) is 5.00. The van der Waals surface area contributed by atoms with Crippen molar-refractivity contribution in [2.75, 3.05) is 18.0 Å². The van der Waals surface area contributed by atoms with Crippen molar-refractivity contribution in [2.45, 2.75) is 19.4 Å². The van der Waals surface area contributed by atoms with E-state index in [0.29, 0.717) is 22.8 Å². The summed E-state index contributed by atoms with van der Waals surface area (Å²) in [6.07, 6.45) is 0. The van der Waals surface area contributed by atoms with Crippen molar-refractivity contribution in [1.29, 1.82) is 0 Å². The van der Waals surface area contributed by atoms with E-state index in [0.717, 1.165) is 4.90 Å². The van der Waals surface area contributed by atoms with Crippen LogP contribution >= 0.6 is 11.6 Å². The number of imide groups is 1. The average molecular weight is 404 g/mol. The monoisotopic (exact) mass is 403 g/mol. The number of urea groups is 1. The summed E-state index contributed by atoms with van der Waals surface area (Å²) in [5.41, 5.74) is -0.230. The molecule has 0 aromatic heterocycles. The van der Waals surface area contributed by atoms with E-state index in [4.69, 9.17) is 11.6 Å². The highest BCUT2D eigenvalue weighted by molar-refractivity contribution is 6.30. The van der Waals surface area contributed by atoms with Gasteiger partial charge in [-0.15, -0.1) is 0 Å². The molecule has 2 aromatic carbocycles. The van der Waals surface area contributed by atoms with Gasteiger partial charge < -0.3 is 10.2 Å². The number of anilines is 1. The van der Waals surface area contributed by atoms with Crippen molar-refractivity contribution in [3.8, 4) is 0 Å². The van der Waals surface area contributed by atoms with E-state index in [-0.39, 0.29) is 0 Å². The second-order valence-corrected chi connectivity index (χ2v) is 7.00. The van der Waals surface area contributed by atoms with E-state index in [1.807, 2.05) is 0 Å². The van der Waals surface area contributed by atoms with Crippen LogP contribution in [0.4, 0.5) is 14.9 Å². The van der Waals surface area contributed by atoms with Crippen LogP contribution in [0.1, 0.15) is 19.4 Å². The summed E-state index contributed by atoms with van der Waals surface area (Å²) >= 11 is 5.89. The lowest BCUT2D eigenvalue weighted by Gasteiger charge is -2.24. The number of likely N-dealkylation sites (N-methyl/N-ethyl adjacent to an activating group) is 1. The number of nitrogens with zero attached hydrogens (tertiary/aromatic N) is 2. The number of carbonyl (C=O) groups excluding carboxylic acids is 3. The lowest BCUT2D eigenvalue weighted by molar-refractivity contribution is -0.134. The molecular formula is C20H19ClFN3O3. The van der Waals surface area contributed by atoms with E-state index in [9.17, 15) is 18.8 Å². The van der Waals surface area contributed by atoms with Gasteiger partial charge in [-0.2, -0.15) is 0 Å². The molecule has 0 aliphatic carbocycles. The normalized spacial score (nSPS) is 18.9. The highest BCUT2D eigenvalue weighted by Crippen LogP contribution is 2.29. The largest absolute Gasteiger partial charge is 0.325 e. The highest BCUT2D eigenvalue weighted by atomic mass is 35.5. The van der Waals surface area contributed by atoms with Crippen LogP contribution in [0, 0.1) is 5.82 Å². The Morgan fingerprint density at radius 3 is 2.32 bits per heavy atom. The number of hydrogen-bond acceptors (Lipinski definition) is 3. The lowest BCUT2D eigenvalue weighted by atomic mass is 9.92. The number of nitrogens with one attached hydrogen (secondary N) is 1. The molecule has 1 heterocycles. The molecule has 1 atom stereocenters. The third kappa shape index (κ3) is 3.57. The maximum absolute atomic E-state index is 13.1. The molecule has 3 rings (SSSR count). The summed E-state index contributed by atoms with van der Waals surface area (Å²) in [6.45, 7) is 3.23. The summed E-state index contributed by atoms with van der Waals surface area (Å²) in [7, 11) is 0. The van der Waals surface area contributed by atoms with Gasteiger partial charge in [0.05, 0.1) is 0 Å². The van der Waals surface area contributed by atoms with Crippen molar-refractivity contribution in [3.63, 3.8) is 0 Å². The quantitative estimate of drug-likeness (QED) is 0.779. The molecule has 1 aliphatic rings. The van der Waals surface area contributed by atoms with Crippen LogP contribution in [0.15, 0.2) is 48.5 Å². The van der Waals surface area contributed by atoms with E-state index >= 15 is 0 Å². The molecule has 146 valence electrons. The smallest absolute Gasteiger partial charge is 0.319 e. The molecule has 8 heteroatoms. The minimum Gasteiger partial charge on any atom is -0.319 e. The molecule has 0 unspecified atom stereocenters. The first-order valence-corrected chi connectivity index (χ1v) is 9.10. The van der Waals surface area contributed by atoms with Crippen LogP contribution in [0.25, 0.3) is 0 Å². The fraction of sp³-hybridized carbons (Fsp3) is 0.250. The zero-order valence-corrected chi connectivity index (χ0v) is 16.2. The summed E-state index contributed by atoms with van der Waals surface area (Å²) in [5, 5.41) is 3.16. The van der Waals surface area contributed by atoms with Gasteiger partial charge in [0.15, 0.2) is 0 Å². The number of amides is 4. The molecule has 1 N–H and O–H groups in total. The van der Waals surface area contributed by atoms with Crippen LogP contribution in [0.2, 0.25) is 5.02 Å². The van der Waals surface area contributed by atoms with Crippen molar-refractivity contribution in [1.82, 2.24) is 10.2 Å². The molecule has 4 amide bonds. The molecule has 28 heavy (non-hydrogen) atoms. The molecule has 1 fully saturated rings. The Kier molecular flexibility index (Phi) is 5.38. The Balaban J connectivity index is 1.80. The first-order chi connectivity index (χ1) is 13.3. The topological polar surface area (TPSA) is 69.7 Å². The summed E-state index contributed by atoms with van der Waals surface area (Å²) in [5.74, 6) is -1.39. The van der Waals surface area contributed by atoms with E-state index in [1.54, 1.807) is 38.1 Å². The van der Waals surface area contributed by atoms with Gasteiger partial charge in [0.25, 0.3) is 5.91 Å². The fourth-order valence-electron chi connectivity index (χ4n) is 3.16. The molecule has 6 nitrogen and oxygen atoms in total. The summed E-state index contributed by atoms with van der Waals surface area (Å²) in [6, 6.07) is 11.4. The van der Waals surface area contributed by atoms with Crippen LogP contribution in [-0.4, -0.2) is 35.8 Å². The maximum Gasteiger partial charge on any atom is 0.325 e. The van der Waals surface area contributed by atoms with Gasteiger partial charge >= 0.3 is 6.03 Å². The first-order valence-electron chi connectivity index (χ1n) is 8.72. The van der Waals surface area contributed by atoms with Crippen molar-refractivity contribution in [2.24, 2.45) is 0 Å². The van der Waals surface area contributed by atoms with Gasteiger partial charge in [0.2, 0.25) is 5.91 Å². The van der Waals surface area contributed by atoms with Crippen LogP contribution in [0.5, 0.6) is 0 Å². The van der Waals surface area contributed by atoms with Gasteiger partial charge in [-0.05, 0) is 55.8 Å². The first kappa shape index (κ1) is 19.8. The number of hydrogen-bond donors (Lipinski definition) is 1. The van der Waals surface area contributed by atoms with Gasteiger partial charge in [0, 0.05) is 17.3 Å². The van der Waals surface area contributed by atoms with Crippen molar-refractivity contribution >= 4 is 35.1 Å². The van der Waals surface area contributed by atoms with E-state index in [1.165, 1.54) is 29.2 Å². The zero-order chi connectivity index (χ0) is 20.5. The van der Waals surface area contributed by atoms with Gasteiger partial charge in [0.1, 0.15) is 17.9 Å². The highest BCUT2D eigenvalue weighted by Gasteiger charge is 2.49. The van der Waals surface area contributed by atoms with Gasteiger partial charge in [-0.1, -0.05) is 23.7 Å². The number of rotatable bonds is 5. The van der Waals surface area contributed by atoms with Crippen LogP contribution < -0.4 is 10.2 Å². The van der Waals surface area contributed by atoms with Gasteiger partial charge in [-0.25, -0.2) is 9.18 Å². The lowest BCUT2D eigenvalue weighted by Crippen LogP contribution is -2.44. The molecule has 1 saturated heterocycles. The minimum absolute atomic E-state index is 0.308. The van der Waals surface area contributed by atoms with Crippen LogP contribution in [0.3, 0.4) is 0 Å². The van der Waals surface area contributed by atoms with Crippen LogP contribution in [-0.2, 0) is 15.1 Å². The fourth-order valence-corrected chi connectivity index (χ4v) is 3.29. The Morgan fingerprint density at radius 1 is 1.14 bits per heavy atom. The SMILES string of the molecule is CCN(C(=O)CN1C(=O)N[C@](C)(c2ccc(Cl)cc2)C1=O)c1ccc(F)cc1. The molecule has 0 spiro atoms. The van der Waals surface area contributed by atoms with Crippen molar-refractivity contribution < 1.29 is 18.8 Å². The second-order valence-electron chi connectivity index (χ2n) is 6.57. The molecule has 0 saturated carbocycles. The number of carbonyl (C=O) groups is 3. The number of benzene rings is 2. The van der Waals surface area contributed by atoms with Gasteiger partial charge in [-0.3, -0.25) is 14.5 Å². The predicted octanol–water partition coefficient (Wildman–Crippen LogP) is 3.30.